The van der Waals surface area contributed by atoms with Crippen molar-refractivity contribution in [3.63, 3.8) is 0 Å². The van der Waals surface area contributed by atoms with E-state index in [1.807, 2.05) is 0 Å². The third-order valence-electron chi connectivity index (χ3n) is 5.43. The Kier molecular flexibility index (Phi) is 7.57. The van der Waals surface area contributed by atoms with Gasteiger partial charge >= 0.3 is 6.18 Å². The second-order valence-corrected chi connectivity index (χ2v) is 9.17. The standard InChI is InChI=1S/C25H21F3N6O3S/c1-14(20-22(35)21(34(2)33-20)16-3-5-17(6-4-16)25(26,27)28)31-32-24(37)19-8-7-18(38-19)23(36)30-13-15-9-11-29-12-10-15/h3-12,35H,13H2,1-2H3,(H,30,36)(H,32,37). The number of benzene rings is 1. The summed E-state index contributed by atoms with van der Waals surface area (Å²) in [7, 11) is 1.52. The number of aromatic hydroxyl groups is 1. The van der Waals surface area contributed by atoms with Crippen LogP contribution in [0.4, 0.5) is 13.2 Å². The first-order chi connectivity index (χ1) is 18.0. The summed E-state index contributed by atoms with van der Waals surface area (Å²) in [6, 6.07) is 10.9. The molecule has 0 saturated heterocycles. The number of rotatable bonds is 7. The van der Waals surface area contributed by atoms with Crippen molar-refractivity contribution < 1.29 is 27.9 Å². The van der Waals surface area contributed by atoms with Crippen LogP contribution in [0.15, 0.2) is 66.0 Å². The largest absolute Gasteiger partial charge is 0.504 e. The summed E-state index contributed by atoms with van der Waals surface area (Å²) in [5.74, 6) is -1.20. The van der Waals surface area contributed by atoms with E-state index in [1.54, 1.807) is 24.5 Å². The number of halogens is 3. The molecular formula is C25H21F3N6O3S. The number of nitrogens with one attached hydrogen (secondary N) is 2. The van der Waals surface area contributed by atoms with Gasteiger partial charge in [-0.15, -0.1) is 11.3 Å². The lowest BCUT2D eigenvalue weighted by Crippen LogP contribution is -2.21. The van der Waals surface area contributed by atoms with Gasteiger partial charge in [-0.05, 0) is 48.9 Å². The van der Waals surface area contributed by atoms with E-state index >= 15 is 0 Å². The van der Waals surface area contributed by atoms with Gasteiger partial charge in [0.25, 0.3) is 11.8 Å². The van der Waals surface area contributed by atoms with E-state index in [0.717, 1.165) is 29.0 Å². The van der Waals surface area contributed by atoms with Crippen LogP contribution in [0.25, 0.3) is 11.3 Å². The average Bonchev–Trinajstić information content (AvgIpc) is 3.50. The average molecular weight is 543 g/mol. The molecule has 13 heteroatoms. The van der Waals surface area contributed by atoms with Gasteiger partial charge in [-0.2, -0.15) is 23.4 Å². The number of aromatic nitrogens is 3. The molecule has 4 rings (SSSR count). The molecule has 0 fully saturated rings. The number of hydrogen-bond donors (Lipinski definition) is 3. The molecular weight excluding hydrogens is 521 g/mol. The van der Waals surface area contributed by atoms with Crippen LogP contribution in [0, 0.1) is 0 Å². The molecule has 0 spiro atoms. The number of aryl methyl sites for hydroxylation is 1. The molecule has 0 unspecified atom stereocenters. The predicted octanol–water partition coefficient (Wildman–Crippen LogP) is 4.35. The normalized spacial score (nSPS) is 11.9. The van der Waals surface area contributed by atoms with Gasteiger partial charge in [0.2, 0.25) is 0 Å². The number of pyridine rings is 1. The van der Waals surface area contributed by atoms with Gasteiger partial charge < -0.3 is 10.4 Å². The lowest BCUT2D eigenvalue weighted by Gasteiger charge is -2.08. The number of hydrazone groups is 1. The van der Waals surface area contributed by atoms with Gasteiger partial charge in [0.05, 0.1) is 21.0 Å². The van der Waals surface area contributed by atoms with E-state index in [9.17, 15) is 27.9 Å². The molecule has 3 aromatic heterocycles. The van der Waals surface area contributed by atoms with Crippen LogP contribution in [-0.2, 0) is 19.8 Å². The lowest BCUT2D eigenvalue weighted by atomic mass is 10.1. The van der Waals surface area contributed by atoms with Gasteiger partial charge in [0.1, 0.15) is 5.69 Å². The molecule has 0 radical (unpaired) electrons. The van der Waals surface area contributed by atoms with E-state index in [-0.39, 0.29) is 33.6 Å². The predicted molar refractivity (Wildman–Crippen MR) is 135 cm³/mol. The molecule has 0 bridgehead atoms. The van der Waals surface area contributed by atoms with Crippen molar-refractivity contribution in [2.75, 3.05) is 0 Å². The number of hydrogen-bond acceptors (Lipinski definition) is 7. The van der Waals surface area contributed by atoms with Crippen LogP contribution < -0.4 is 10.7 Å². The van der Waals surface area contributed by atoms with Crippen molar-refractivity contribution in [1.82, 2.24) is 25.5 Å². The minimum absolute atomic E-state index is 0.0463. The first-order valence-corrected chi connectivity index (χ1v) is 11.9. The Balaban J connectivity index is 1.43. The van der Waals surface area contributed by atoms with E-state index in [1.165, 1.54) is 42.9 Å². The molecule has 3 heterocycles. The molecule has 0 aliphatic carbocycles. The third-order valence-corrected chi connectivity index (χ3v) is 6.51. The fourth-order valence-electron chi connectivity index (χ4n) is 3.49. The minimum Gasteiger partial charge on any atom is -0.504 e. The van der Waals surface area contributed by atoms with Crippen LogP contribution >= 0.6 is 11.3 Å². The first-order valence-electron chi connectivity index (χ1n) is 11.1. The summed E-state index contributed by atoms with van der Waals surface area (Å²) in [4.78, 5) is 29.5. The maximum atomic E-state index is 12.9. The number of carbonyl (C=O) groups excluding carboxylic acids is 2. The molecule has 0 aliphatic rings. The quantitative estimate of drug-likeness (QED) is 0.237. The van der Waals surface area contributed by atoms with Crippen molar-refractivity contribution in [2.45, 2.75) is 19.6 Å². The molecule has 38 heavy (non-hydrogen) atoms. The molecule has 0 atom stereocenters. The van der Waals surface area contributed by atoms with Crippen molar-refractivity contribution in [3.05, 3.63) is 87.5 Å². The second-order valence-electron chi connectivity index (χ2n) is 8.08. The van der Waals surface area contributed by atoms with Crippen LogP contribution in [0.2, 0.25) is 0 Å². The monoisotopic (exact) mass is 542 g/mol. The van der Waals surface area contributed by atoms with E-state index in [2.05, 4.69) is 25.9 Å². The highest BCUT2D eigenvalue weighted by Crippen LogP contribution is 2.35. The van der Waals surface area contributed by atoms with Crippen molar-refractivity contribution in [3.8, 4) is 17.0 Å². The van der Waals surface area contributed by atoms with Crippen LogP contribution in [0.3, 0.4) is 0 Å². The second kappa shape index (κ2) is 10.8. The van der Waals surface area contributed by atoms with Crippen LogP contribution in [-0.4, -0.2) is 37.4 Å². The van der Waals surface area contributed by atoms with Crippen LogP contribution in [0.5, 0.6) is 5.75 Å². The van der Waals surface area contributed by atoms with E-state index in [0.29, 0.717) is 17.0 Å². The Bertz CT molecular complexity index is 1500. The maximum absolute atomic E-state index is 12.9. The number of amides is 2. The zero-order valence-electron chi connectivity index (χ0n) is 20.1. The highest BCUT2D eigenvalue weighted by atomic mass is 32.1. The molecule has 4 aromatic rings. The van der Waals surface area contributed by atoms with Crippen molar-refractivity contribution in [2.24, 2.45) is 12.1 Å². The number of thiophene rings is 1. The summed E-state index contributed by atoms with van der Waals surface area (Å²) in [5, 5.41) is 21.6. The highest BCUT2D eigenvalue weighted by molar-refractivity contribution is 7.15. The Hall–Kier alpha value is -4.52. The number of nitrogens with zero attached hydrogens (tertiary/aromatic N) is 4. The fourth-order valence-corrected chi connectivity index (χ4v) is 4.30. The summed E-state index contributed by atoms with van der Waals surface area (Å²) in [6.07, 6.45) is -1.23. The molecule has 2 amide bonds. The summed E-state index contributed by atoms with van der Waals surface area (Å²) < 4.78 is 39.9. The zero-order chi connectivity index (χ0) is 27.4. The Morgan fingerprint density at radius 3 is 2.29 bits per heavy atom. The molecule has 9 nitrogen and oxygen atoms in total. The summed E-state index contributed by atoms with van der Waals surface area (Å²) in [5.41, 5.74) is 3.15. The first kappa shape index (κ1) is 26.5. The molecule has 0 aliphatic heterocycles. The Labute approximate surface area is 218 Å². The van der Waals surface area contributed by atoms with Gasteiger partial charge in [0.15, 0.2) is 11.4 Å². The zero-order valence-corrected chi connectivity index (χ0v) is 20.9. The van der Waals surface area contributed by atoms with E-state index < -0.39 is 17.6 Å². The molecule has 1 aromatic carbocycles. The molecule has 0 saturated carbocycles. The highest BCUT2D eigenvalue weighted by Gasteiger charge is 2.30. The molecule has 196 valence electrons. The number of alkyl halides is 3. The Morgan fingerprint density at radius 1 is 1.03 bits per heavy atom. The van der Waals surface area contributed by atoms with Crippen molar-refractivity contribution in [1.29, 1.82) is 0 Å². The van der Waals surface area contributed by atoms with Crippen LogP contribution in [0.1, 0.15) is 43.1 Å². The molecule has 3 N–H and O–H groups in total. The third kappa shape index (κ3) is 5.89. The van der Waals surface area contributed by atoms with Gasteiger partial charge in [-0.3, -0.25) is 19.3 Å². The maximum Gasteiger partial charge on any atom is 0.416 e. The fraction of sp³-hybridized carbons (Fsp3) is 0.160. The van der Waals surface area contributed by atoms with E-state index in [4.69, 9.17) is 0 Å². The Morgan fingerprint density at radius 2 is 1.66 bits per heavy atom. The van der Waals surface area contributed by atoms with Gasteiger partial charge in [-0.25, -0.2) is 5.43 Å². The van der Waals surface area contributed by atoms with Crippen molar-refractivity contribution >= 4 is 28.9 Å². The summed E-state index contributed by atoms with van der Waals surface area (Å²) >= 11 is 0.987. The van der Waals surface area contributed by atoms with Gasteiger partial charge in [0, 0.05) is 31.5 Å². The lowest BCUT2D eigenvalue weighted by molar-refractivity contribution is -0.137. The number of carbonyl (C=O) groups is 2. The SMILES string of the molecule is CC(=NNC(=O)c1ccc(C(=O)NCc2ccncc2)s1)c1nn(C)c(-c2ccc(C(F)(F)F)cc2)c1O. The minimum atomic E-state index is -4.48. The topological polar surface area (TPSA) is 122 Å². The smallest absolute Gasteiger partial charge is 0.416 e. The van der Waals surface area contributed by atoms with Gasteiger partial charge in [-0.1, -0.05) is 12.1 Å². The summed E-state index contributed by atoms with van der Waals surface area (Å²) in [6.45, 7) is 1.82.